The van der Waals surface area contributed by atoms with Crippen LogP contribution in [0.25, 0.3) is 0 Å². The van der Waals surface area contributed by atoms with E-state index in [0.29, 0.717) is 12.0 Å². The number of esters is 1. The minimum absolute atomic E-state index is 0.0206. The molecule has 0 aromatic heterocycles. The van der Waals surface area contributed by atoms with Crippen molar-refractivity contribution in [2.24, 2.45) is 29.1 Å². The third-order valence-electron chi connectivity index (χ3n) is 13.4. The Morgan fingerprint density at radius 2 is 1.23 bits per heavy atom. The highest BCUT2D eigenvalue weighted by Gasteiger charge is 2.45. The van der Waals surface area contributed by atoms with Gasteiger partial charge in [-0.05, 0) is 71.3 Å². The van der Waals surface area contributed by atoms with Crippen molar-refractivity contribution >= 4 is 59.0 Å². The van der Waals surface area contributed by atoms with Crippen LogP contribution in [0.1, 0.15) is 108 Å². The summed E-state index contributed by atoms with van der Waals surface area (Å²) in [6.07, 6.45) is -0.422. The second kappa shape index (κ2) is 26.2. The van der Waals surface area contributed by atoms with Gasteiger partial charge in [-0.3, -0.25) is 47.9 Å². The van der Waals surface area contributed by atoms with Crippen molar-refractivity contribution in [2.75, 3.05) is 41.3 Å². The van der Waals surface area contributed by atoms with Crippen LogP contribution in [-0.2, 0) is 59.1 Å². The summed E-state index contributed by atoms with van der Waals surface area (Å²) in [6, 6.07) is 2.32. The van der Waals surface area contributed by atoms with E-state index in [9.17, 15) is 47.9 Å². The first-order valence-corrected chi connectivity index (χ1v) is 24.0. The molecule has 0 unspecified atom stereocenters. The van der Waals surface area contributed by atoms with E-state index < -0.39 is 138 Å². The Balaban J connectivity index is 2.69. The van der Waals surface area contributed by atoms with Crippen molar-refractivity contribution in [2.45, 2.75) is 151 Å². The molecule has 0 bridgehead atoms. The first kappa shape index (κ1) is 59.2. The normalized spacial score (nSPS) is 27.2. The van der Waals surface area contributed by atoms with Crippen LogP contribution in [0.5, 0.6) is 0 Å². The molecular formula is C50H80N8O11. The lowest BCUT2D eigenvalue weighted by atomic mass is 9.82. The van der Waals surface area contributed by atoms with Gasteiger partial charge in [0.1, 0.15) is 29.6 Å². The third kappa shape index (κ3) is 15.6. The van der Waals surface area contributed by atoms with Gasteiger partial charge in [0.2, 0.25) is 41.4 Å². The number of nitrogens with one attached hydrogen (secondary N) is 4. The van der Waals surface area contributed by atoms with Gasteiger partial charge < -0.3 is 45.6 Å². The van der Waals surface area contributed by atoms with E-state index in [1.54, 1.807) is 65.0 Å². The minimum Gasteiger partial charge on any atom is -0.452 e. The first-order valence-electron chi connectivity index (χ1n) is 24.0. The van der Waals surface area contributed by atoms with Gasteiger partial charge in [0.25, 0.3) is 5.91 Å². The predicted octanol–water partition coefficient (Wildman–Crippen LogP) is 2.09. The molecule has 69 heavy (non-hydrogen) atoms. The van der Waals surface area contributed by atoms with Crippen LogP contribution in [0.3, 0.4) is 0 Å². The van der Waals surface area contributed by atoms with Gasteiger partial charge in [-0.2, -0.15) is 0 Å². The number of Topliss-reactive ketones (excluding diaryl/α,β-unsaturated/α-hetero) is 1. The lowest BCUT2D eigenvalue weighted by Gasteiger charge is -2.37. The number of carbonyl (C=O) groups is 10. The van der Waals surface area contributed by atoms with Crippen LogP contribution in [0.2, 0.25) is 0 Å². The average molecular weight is 969 g/mol. The number of hydrogen-bond acceptors (Lipinski definition) is 11. The first-order chi connectivity index (χ1) is 32.0. The molecule has 1 aromatic carbocycles. The predicted molar refractivity (Wildman–Crippen MR) is 259 cm³/mol. The maximum Gasteiger partial charge on any atom is 0.311 e. The number of likely N-dealkylation sites (N-methyl/N-ethyl adjacent to an activating group) is 4. The summed E-state index contributed by atoms with van der Waals surface area (Å²) in [5.41, 5.74) is -1.07. The van der Waals surface area contributed by atoms with Gasteiger partial charge >= 0.3 is 5.97 Å². The fourth-order valence-corrected chi connectivity index (χ4v) is 8.25. The molecule has 1 fully saturated rings. The number of rotatable bonds is 8. The zero-order valence-electron chi connectivity index (χ0n) is 43.8. The van der Waals surface area contributed by atoms with Crippen LogP contribution < -0.4 is 21.3 Å². The number of hydrogen-bond donors (Lipinski definition) is 4. The van der Waals surface area contributed by atoms with Crippen LogP contribution >= 0.6 is 0 Å². The van der Waals surface area contributed by atoms with Crippen LogP contribution in [0.4, 0.5) is 0 Å². The number of benzene rings is 1. The topological polar surface area (TPSA) is 241 Å². The van der Waals surface area contributed by atoms with Crippen LogP contribution in [-0.4, -0.2) is 162 Å². The van der Waals surface area contributed by atoms with E-state index in [2.05, 4.69) is 21.3 Å². The number of cyclic esters (lactones) is 1. The van der Waals surface area contributed by atoms with E-state index in [0.717, 1.165) is 4.90 Å². The van der Waals surface area contributed by atoms with Gasteiger partial charge in [0.05, 0.1) is 25.0 Å². The summed E-state index contributed by atoms with van der Waals surface area (Å²) in [5.74, 6) is -8.81. The Kier molecular flexibility index (Phi) is 22.5. The smallest absolute Gasteiger partial charge is 0.311 e. The average Bonchev–Trinajstić information content (AvgIpc) is 3.31. The Hall–Kier alpha value is -5.88. The molecule has 1 aromatic rings. The van der Waals surface area contributed by atoms with Gasteiger partial charge in [0, 0.05) is 46.6 Å². The van der Waals surface area contributed by atoms with Crippen LogP contribution in [0, 0.1) is 29.1 Å². The molecular weight excluding hydrogens is 889 g/mol. The largest absolute Gasteiger partial charge is 0.452 e. The number of nitrogens with zero attached hydrogens (tertiary/aromatic N) is 4. The molecule has 0 spiro atoms. The molecule has 4 N–H and O–H groups in total. The highest BCUT2D eigenvalue weighted by atomic mass is 16.5. The Morgan fingerprint density at radius 3 is 1.75 bits per heavy atom. The molecule has 8 amide bonds. The van der Waals surface area contributed by atoms with Crippen molar-refractivity contribution < 1.29 is 52.7 Å². The molecule has 19 heteroatoms. The highest BCUT2D eigenvalue weighted by molar-refractivity contribution is 6.09. The molecule has 1 aliphatic heterocycles. The fourth-order valence-electron chi connectivity index (χ4n) is 8.25. The monoisotopic (exact) mass is 969 g/mol. The Morgan fingerprint density at radius 1 is 0.681 bits per heavy atom. The summed E-state index contributed by atoms with van der Waals surface area (Å²) < 4.78 is 5.77. The quantitative estimate of drug-likeness (QED) is 0.217. The minimum atomic E-state index is -1.77. The van der Waals surface area contributed by atoms with E-state index >= 15 is 0 Å². The fraction of sp³-hybridized carbons (Fsp3) is 0.680. The van der Waals surface area contributed by atoms with E-state index in [4.69, 9.17) is 4.74 Å². The number of ether oxygens (including phenoxy) is 1. The van der Waals surface area contributed by atoms with Crippen molar-refractivity contribution in [3.8, 4) is 0 Å². The molecule has 19 nitrogen and oxygen atoms in total. The highest BCUT2D eigenvalue weighted by Crippen LogP contribution is 2.25. The third-order valence-corrected chi connectivity index (χ3v) is 13.4. The molecule has 1 heterocycles. The molecule has 9 atom stereocenters. The lowest BCUT2D eigenvalue weighted by Crippen LogP contribution is -2.60. The summed E-state index contributed by atoms with van der Waals surface area (Å²) in [7, 11) is 5.62. The number of ketones is 1. The van der Waals surface area contributed by atoms with Gasteiger partial charge in [-0.1, -0.05) is 78.8 Å². The summed E-state index contributed by atoms with van der Waals surface area (Å²) in [4.78, 5) is 144. The van der Waals surface area contributed by atoms with Crippen molar-refractivity contribution in [3.63, 3.8) is 0 Å². The molecule has 1 saturated heterocycles. The van der Waals surface area contributed by atoms with E-state index in [1.165, 1.54) is 77.5 Å². The Labute approximate surface area is 408 Å². The molecule has 1 aliphatic rings. The van der Waals surface area contributed by atoms with Crippen molar-refractivity contribution in [3.05, 3.63) is 35.9 Å². The molecule has 0 saturated carbocycles. The second-order valence-corrected chi connectivity index (χ2v) is 19.8. The van der Waals surface area contributed by atoms with Gasteiger partial charge in [-0.15, -0.1) is 0 Å². The second-order valence-electron chi connectivity index (χ2n) is 19.8. The summed E-state index contributed by atoms with van der Waals surface area (Å²) in [6.45, 7) is 18.5. The summed E-state index contributed by atoms with van der Waals surface area (Å²) in [5, 5.41) is 10.7. The van der Waals surface area contributed by atoms with E-state index in [-0.39, 0.29) is 25.2 Å². The molecule has 0 radical (unpaired) electrons. The maximum atomic E-state index is 14.5. The van der Waals surface area contributed by atoms with Gasteiger partial charge in [0.15, 0.2) is 11.9 Å². The van der Waals surface area contributed by atoms with Gasteiger partial charge in [-0.25, -0.2) is 0 Å². The number of carbonyl (C=O) groups excluding carboxylic acids is 10. The summed E-state index contributed by atoms with van der Waals surface area (Å²) >= 11 is 0. The molecule has 386 valence electrons. The van der Waals surface area contributed by atoms with Crippen molar-refractivity contribution in [1.29, 1.82) is 0 Å². The zero-order valence-corrected chi connectivity index (χ0v) is 43.8. The SMILES string of the molecule is CC[C@H](C)[C@@H]1OC(=O)[C@@H](C)[C@@H](CC)NC(=O)[C@@H](C)N(C)C(=O)C(C)(C)C(=O)[C@@H](C)NC(=O)[C@H](Cc2ccccc2)N(C)C(=O)[C@H](C(C)C)N(C)C(=O)CNC(=O)[C@@H](CC(C)C)N(C)C(=O)CNC1=O. The van der Waals surface area contributed by atoms with E-state index in [1.807, 2.05) is 13.8 Å². The molecule has 0 aliphatic carbocycles. The number of amides is 8. The lowest BCUT2D eigenvalue weighted by molar-refractivity contribution is -0.164. The standard InChI is InChI=1S/C50H80N8O11/c1-17-30(7)41-46(65)52-26-38(59)56(14)36(24-28(3)4)44(63)51-27-39(60)58(16)40(29(5)6)47(66)57(15)37(25-34-22-20-19-21-23-34)45(64)53-32(9)42(61)50(11,12)49(68)55(13)33(10)43(62)54-35(18-2)31(8)48(67)69-41/h19-23,28-33,35-37,40-41H,17-18,24-27H2,1-16H3,(H,51,63)(H,52,65)(H,53,64)(H,54,62)/t30-,31-,32+,33+,35+,36+,37-,40-,41-/m0/s1. The maximum absolute atomic E-state index is 14.5. The molecule has 2 rings (SSSR count). The Bertz CT molecular complexity index is 2010. The van der Waals surface area contributed by atoms with Crippen molar-refractivity contribution in [1.82, 2.24) is 40.9 Å². The van der Waals surface area contributed by atoms with Crippen LogP contribution in [0.15, 0.2) is 30.3 Å². The zero-order chi connectivity index (χ0) is 52.8.